The average Bonchev–Trinajstić information content (AvgIpc) is 2.61. The summed E-state index contributed by atoms with van der Waals surface area (Å²) in [5.74, 6) is -2.00. The van der Waals surface area contributed by atoms with E-state index in [1.807, 2.05) is 0 Å². The summed E-state index contributed by atoms with van der Waals surface area (Å²) >= 11 is 0. The van der Waals surface area contributed by atoms with Crippen LogP contribution in [0.3, 0.4) is 0 Å². The van der Waals surface area contributed by atoms with Crippen molar-refractivity contribution in [3.63, 3.8) is 0 Å². The minimum absolute atomic E-state index is 0.0208. The van der Waals surface area contributed by atoms with Crippen LogP contribution in [0.5, 0.6) is 5.75 Å². The maximum absolute atomic E-state index is 13.8. The van der Waals surface area contributed by atoms with Gasteiger partial charge in [0.05, 0.1) is 12.7 Å². The predicted octanol–water partition coefficient (Wildman–Crippen LogP) is 2.40. The molecule has 142 valence electrons. The SMILES string of the molecule is COc1ccc(C(=O)OCC(=O)NC(=O)N[C@@H]2CCCC[C@@H]2C)c(F)c1. The van der Waals surface area contributed by atoms with Gasteiger partial charge in [0.2, 0.25) is 0 Å². The summed E-state index contributed by atoms with van der Waals surface area (Å²) in [5, 5.41) is 4.86. The molecule has 2 N–H and O–H groups in total. The molecule has 0 spiro atoms. The van der Waals surface area contributed by atoms with E-state index in [0.717, 1.165) is 31.7 Å². The van der Waals surface area contributed by atoms with E-state index in [1.165, 1.54) is 19.2 Å². The number of rotatable bonds is 5. The first-order valence-corrected chi connectivity index (χ1v) is 8.51. The first kappa shape index (κ1) is 19.7. The average molecular weight is 366 g/mol. The highest BCUT2D eigenvalue weighted by Crippen LogP contribution is 2.23. The van der Waals surface area contributed by atoms with Gasteiger partial charge in [-0.1, -0.05) is 19.8 Å². The van der Waals surface area contributed by atoms with Gasteiger partial charge >= 0.3 is 12.0 Å². The van der Waals surface area contributed by atoms with Gasteiger partial charge in [-0.2, -0.15) is 0 Å². The number of imide groups is 1. The van der Waals surface area contributed by atoms with E-state index in [2.05, 4.69) is 17.6 Å². The maximum atomic E-state index is 13.8. The number of benzene rings is 1. The summed E-state index contributed by atoms with van der Waals surface area (Å²) in [5.41, 5.74) is -0.320. The van der Waals surface area contributed by atoms with E-state index < -0.39 is 30.3 Å². The molecular weight excluding hydrogens is 343 g/mol. The van der Waals surface area contributed by atoms with Crippen molar-refractivity contribution in [3.05, 3.63) is 29.6 Å². The lowest BCUT2D eigenvalue weighted by Gasteiger charge is -2.29. The lowest BCUT2D eigenvalue weighted by atomic mass is 9.86. The number of hydrogen-bond donors (Lipinski definition) is 2. The predicted molar refractivity (Wildman–Crippen MR) is 91.3 cm³/mol. The van der Waals surface area contributed by atoms with Gasteiger partial charge in [-0.3, -0.25) is 10.1 Å². The Morgan fingerprint density at radius 2 is 1.96 bits per heavy atom. The quantitative estimate of drug-likeness (QED) is 0.781. The van der Waals surface area contributed by atoms with Crippen LogP contribution in [-0.4, -0.2) is 37.7 Å². The van der Waals surface area contributed by atoms with Crippen LogP contribution in [0.2, 0.25) is 0 Å². The highest BCUT2D eigenvalue weighted by molar-refractivity contribution is 5.97. The zero-order valence-corrected chi connectivity index (χ0v) is 14.8. The highest BCUT2D eigenvalue weighted by Gasteiger charge is 2.23. The number of halogens is 1. The van der Waals surface area contributed by atoms with Gasteiger partial charge < -0.3 is 14.8 Å². The normalized spacial score (nSPS) is 19.3. The van der Waals surface area contributed by atoms with Crippen molar-refractivity contribution in [2.75, 3.05) is 13.7 Å². The van der Waals surface area contributed by atoms with E-state index in [0.29, 0.717) is 5.92 Å². The first-order valence-electron chi connectivity index (χ1n) is 8.51. The second-order valence-electron chi connectivity index (χ2n) is 6.31. The van der Waals surface area contributed by atoms with Gasteiger partial charge in [-0.25, -0.2) is 14.0 Å². The smallest absolute Gasteiger partial charge is 0.341 e. The number of carbonyl (C=O) groups excluding carboxylic acids is 3. The number of nitrogens with one attached hydrogen (secondary N) is 2. The van der Waals surface area contributed by atoms with Gasteiger partial charge in [-0.15, -0.1) is 0 Å². The summed E-state index contributed by atoms with van der Waals surface area (Å²) in [6.07, 6.45) is 4.07. The molecule has 0 aliphatic heterocycles. The van der Waals surface area contributed by atoms with Gasteiger partial charge in [-0.05, 0) is 30.9 Å². The molecule has 1 saturated carbocycles. The number of carbonyl (C=O) groups is 3. The molecule has 2 rings (SSSR count). The first-order chi connectivity index (χ1) is 12.4. The standard InChI is InChI=1S/C18H23FN2O5/c1-11-5-3-4-6-15(11)20-18(24)21-16(22)10-26-17(23)13-8-7-12(25-2)9-14(13)19/h7-9,11,15H,3-6,10H2,1-2H3,(H2,20,21,22,24)/t11-,15+/m0/s1. The molecule has 0 heterocycles. The van der Waals surface area contributed by atoms with Gasteiger partial charge in [0.1, 0.15) is 11.6 Å². The van der Waals surface area contributed by atoms with E-state index in [4.69, 9.17) is 9.47 Å². The molecule has 0 saturated heterocycles. The Bertz CT molecular complexity index is 680. The third-order valence-electron chi connectivity index (χ3n) is 4.41. The minimum Gasteiger partial charge on any atom is -0.497 e. The number of ether oxygens (including phenoxy) is 2. The molecule has 1 aliphatic carbocycles. The number of methoxy groups -OCH3 is 1. The lowest BCUT2D eigenvalue weighted by molar-refractivity contribution is -0.123. The molecule has 1 aromatic carbocycles. The summed E-state index contributed by atoms with van der Waals surface area (Å²) in [4.78, 5) is 35.4. The zero-order valence-electron chi connectivity index (χ0n) is 14.8. The third kappa shape index (κ3) is 5.44. The molecule has 1 aliphatic rings. The van der Waals surface area contributed by atoms with Crippen molar-refractivity contribution in [1.82, 2.24) is 10.6 Å². The summed E-state index contributed by atoms with van der Waals surface area (Å²) < 4.78 is 23.4. The van der Waals surface area contributed by atoms with Crippen molar-refractivity contribution < 1.29 is 28.2 Å². The molecule has 2 atom stereocenters. The van der Waals surface area contributed by atoms with Crippen LogP contribution in [0.25, 0.3) is 0 Å². The topological polar surface area (TPSA) is 93.7 Å². The maximum Gasteiger partial charge on any atom is 0.341 e. The fourth-order valence-corrected chi connectivity index (χ4v) is 2.90. The van der Waals surface area contributed by atoms with Crippen LogP contribution in [-0.2, 0) is 9.53 Å². The molecule has 26 heavy (non-hydrogen) atoms. The summed E-state index contributed by atoms with van der Waals surface area (Å²) in [7, 11) is 1.37. The highest BCUT2D eigenvalue weighted by atomic mass is 19.1. The Balaban J connectivity index is 1.79. The van der Waals surface area contributed by atoms with E-state index in [-0.39, 0.29) is 17.4 Å². The summed E-state index contributed by atoms with van der Waals surface area (Å²) in [6.45, 7) is 1.37. The molecule has 8 heteroatoms. The van der Waals surface area contributed by atoms with Crippen LogP contribution >= 0.6 is 0 Å². The van der Waals surface area contributed by atoms with Gasteiger partial charge in [0, 0.05) is 12.1 Å². The second-order valence-corrected chi connectivity index (χ2v) is 6.31. The third-order valence-corrected chi connectivity index (χ3v) is 4.41. The zero-order chi connectivity index (χ0) is 19.1. The van der Waals surface area contributed by atoms with Crippen LogP contribution in [0.4, 0.5) is 9.18 Å². The van der Waals surface area contributed by atoms with Crippen molar-refractivity contribution in [1.29, 1.82) is 0 Å². The number of hydrogen-bond acceptors (Lipinski definition) is 5. The molecule has 3 amide bonds. The van der Waals surface area contributed by atoms with E-state index >= 15 is 0 Å². The second kappa shape index (κ2) is 9.17. The fraction of sp³-hybridized carbons (Fsp3) is 0.500. The summed E-state index contributed by atoms with van der Waals surface area (Å²) in [6, 6.07) is 3.03. The van der Waals surface area contributed by atoms with Crippen molar-refractivity contribution >= 4 is 17.9 Å². The van der Waals surface area contributed by atoms with E-state index in [1.54, 1.807) is 0 Å². The Morgan fingerprint density at radius 3 is 2.62 bits per heavy atom. The molecule has 7 nitrogen and oxygen atoms in total. The lowest BCUT2D eigenvalue weighted by Crippen LogP contribution is -2.48. The molecular formula is C18H23FN2O5. The van der Waals surface area contributed by atoms with Crippen molar-refractivity contribution in [2.24, 2.45) is 5.92 Å². The molecule has 0 unspecified atom stereocenters. The van der Waals surface area contributed by atoms with Crippen molar-refractivity contribution in [2.45, 2.75) is 38.6 Å². The van der Waals surface area contributed by atoms with Crippen LogP contribution in [0, 0.1) is 11.7 Å². The van der Waals surface area contributed by atoms with Crippen LogP contribution < -0.4 is 15.4 Å². The number of urea groups is 1. The van der Waals surface area contributed by atoms with Crippen molar-refractivity contribution in [3.8, 4) is 5.75 Å². The van der Waals surface area contributed by atoms with Gasteiger partial charge in [0.15, 0.2) is 6.61 Å². The monoisotopic (exact) mass is 366 g/mol. The molecule has 1 aromatic rings. The van der Waals surface area contributed by atoms with Crippen LogP contribution in [0.1, 0.15) is 43.0 Å². The van der Waals surface area contributed by atoms with Crippen LogP contribution in [0.15, 0.2) is 18.2 Å². The molecule has 1 fully saturated rings. The largest absolute Gasteiger partial charge is 0.497 e. The Hall–Kier alpha value is -2.64. The fourth-order valence-electron chi connectivity index (χ4n) is 2.90. The Kier molecular flexibility index (Phi) is 6.94. The Labute approximate surface area is 151 Å². The van der Waals surface area contributed by atoms with E-state index in [9.17, 15) is 18.8 Å². The number of esters is 1. The Morgan fingerprint density at radius 1 is 1.23 bits per heavy atom. The molecule has 0 bridgehead atoms. The molecule has 0 radical (unpaired) electrons. The minimum atomic E-state index is -0.999. The number of amides is 3. The molecule has 0 aromatic heterocycles. The van der Waals surface area contributed by atoms with Gasteiger partial charge in [0.25, 0.3) is 5.91 Å².